The maximum Gasteiger partial charge on any atom is 0.231 e. The SMILES string of the molecule is Cc1cccc(CC(=O)Nc2ccc(C3CCNC3)nn2)n1. The second-order valence-corrected chi connectivity index (χ2v) is 5.53. The number of nitrogens with one attached hydrogen (secondary N) is 2. The Kier molecular flexibility index (Phi) is 4.39. The van der Waals surface area contributed by atoms with Gasteiger partial charge in [-0.1, -0.05) is 6.07 Å². The summed E-state index contributed by atoms with van der Waals surface area (Å²) >= 11 is 0. The van der Waals surface area contributed by atoms with Crippen LogP contribution in [0.2, 0.25) is 0 Å². The second-order valence-electron chi connectivity index (χ2n) is 5.53. The summed E-state index contributed by atoms with van der Waals surface area (Å²) < 4.78 is 0. The van der Waals surface area contributed by atoms with Crippen molar-refractivity contribution in [3.63, 3.8) is 0 Å². The van der Waals surface area contributed by atoms with Crippen molar-refractivity contribution in [1.82, 2.24) is 20.5 Å². The third-order valence-electron chi connectivity index (χ3n) is 3.72. The van der Waals surface area contributed by atoms with E-state index in [-0.39, 0.29) is 12.3 Å². The molecule has 0 spiro atoms. The van der Waals surface area contributed by atoms with Gasteiger partial charge < -0.3 is 10.6 Å². The number of hydrogen-bond donors (Lipinski definition) is 2. The molecule has 1 amide bonds. The predicted octanol–water partition coefficient (Wildman–Crippen LogP) is 1.44. The fraction of sp³-hybridized carbons (Fsp3) is 0.375. The van der Waals surface area contributed by atoms with Crippen LogP contribution in [0.25, 0.3) is 0 Å². The Morgan fingerprint density at radius 3 is 2.91 bits per heavy atom. The maximum absolute atomic E-state index is 12.0. The normalized spacial score (nSPS) is 17.4. The molecule has 0 aliphatic carbocycles. The molecule has 0 radical (unpaired) electrons. The second kappa shape index (κ2) is 6.62. The first-order chi connectivity index (χ1) is 10.7. The van der Waals surface area contributed by atoms with Gasteiger partial charge >= 0.3 is 0 Å². The van der Waals surface area contributed by atoms with Crippen LogP contribution in [-0.2, 0) is 11.2 Å². The van der Waals surface area contributed by atoms with Gasteiger partial charge in [-0.25, -0.2) is 0 Å². The highest BCUT2D eigenvalue weighted by Crippen LogP contribution is 2.20. The molecule has 1 atom stereocenters. The summed E-state index contributed by atoms with van der Waals surface area (Å²) in [4.78, 5) is 16.3. The summed E-state index contributed by atoms with van der Waals surface area (Å²) in [5, 5.41) is 14.4. The molecule has 1 unspecified atom stereocenters. The zero-order chi connectivity index (χ0) is 15.4. The largest absolute Gasteiger partial charge is 0.316 e. The number of rotatable bonds is 4. The van der Waals surface area contributed by atoms with E-state index in [0.717, 1.165) is 36.6 Å². The van der Waals surface area contributed by atoms with E-state index in [2.05, 4.69) is 25.8 Å². The summed E-state index contributed by atoms with van der Waals surface area (Å²) in [6, 6.07) is 9.39. The van der Waals surface area contributed by atoms with E-state index in [1.165, 1.54) is 0 Å². The van der Waals surface area contributed by atoms with Crippen molar-refractivity contribution in [2.24, 2.45) is 0 Å². The van der Waals surface area contributed by atoms with Gasteiger partial charge in [0.15, 0.2) is 5.82 Å². The number of pyridine rings is 1. The van der Waals surface area contributed by atoms with E-state index in [0.29, 0.717) is 11.7 Å². The van der Waals surface area contributed by atoms with Crippen LogP contribution in [0.5, 0.6) is 0 Å². The number of amides is 1. The van der Waals surface area contributed by atoms with Gasteiger partial charge in [-0.3, -0.25) is 9.78 Å². The Hall–Kier alpha value is -2.34. The molecule has 6 heteroatoms. The van der Waals surface area contributed by atoms with E-state index in [1.807, 2.05) is 37.3 Å². The van der Waals surface area contributed by atoms with Gasteiger partial charge in [0.2, 0.25) is 5.91 Å². The fourth-order valence-electron chi connectivity index (χ4n) is 2.58. The Morgan fingerprint density at radius 1 is 1.32 bits per heavy atom. The average molecular weight is 297 g/mol. The Morgan fingerprint density at radius 2 is 2.23 bits per heavy atom. The van der Waals surface area contributed by atoms with Crippen LogP contribution in [0.3, 0.4) is 0 Å². The minimum absolute atomic E-state index is 0.136. The fourth-order valence-corrected chi connectivity index (χ4v) is 2.58. The molecule has 2 N–H and O–H groups in total. The average Bonchev–Trinajstić information content (AvgIpc) is 3.02. The van der Waals surface area contributed by atoms with Gasteiger partial charge in [-0.05, 0) is 44.2 Å². The maximum atomic E-state index is 12.0. The molecule has 22 heavy (non-hydrogen) atoms. The van der Waals surface area contributed by atoms with E-state index >= 15 is 0 Å². The quantitative estimate of drug-likeness (QED) is 0.892. The predicted molar refractivity (Wildman–Crippen MR) is 83.6 cm³/mol. The van der Waals surface area contributed by atoms with Crippen molar-refractivity contribution in [3.05, 3.63) is 47.4 Å². The molecule has 0 saturated carbocycles. The van der Waals surface area contributed by atoms with Crippen LogP contribution in [0.1, 0.15) is 29.4 Å². The number of nitrogens with zero attached hydrogens (tertiary/aromatic N) is 3. The van der Waals surface area contributed by atoms with Gasteiger partial charge in [-0.2, -0.15) is 5.10 Å². The molecule has 6 nitrogen and oxygen atoms in total. The minimum Gasteiger partial charge on any atom is -0.316 e. The summed E-state index contributed by atoms with van der Waals surface area (Å²) in [6.07, 6.45) is 1.32. The van der Waals surface area contributed by atoms with Gasteiger partial charge in [-0.15, -0.1) is 5.10 Å². The zero-order valence-corrected chi connectivity index (χ0v) is 12.5. The van der Waals surface area contributed by atoms with Crippen molar-refractivity contribution in [1.29, 1.82) is 0 Å². The van der Waals surface area contributed by atoms with E-state index < -0.39 is 0 Å². The highest BCUT2D eigenvalue weighted by atomic mass is 16.1. The van der Waals surface area contributed by atoms with Crippen molar-refractivity contribution >= 4 is 11.7 Å². The van der Waals surface area contributed by atoms with Crippen LogP contribution in [0.4, 0.5) is 5.82 Å². The van der Waals surface area contributed by atoms with Crippen molar-refractivity contribution < 1.29 is 4.79 Å². The van der Waals surface area contributed by atoms with Crippen molar-refractivity contribution in [2.75, 3.05) is 18.4 Å². The zero-order valence-electron chi connectivity index (χ0n) is 12.5. The molecule has 1 aliphatic heterocycles. The molecule has 3 heterocycles. The molecule has 1 saturated heterocycles. The first-order valence-corrected chi connectivity index (χ1v) is 7.47. The van der Waals surface area contributed by atoms with Crippen LogP contribution >= 0.6 is 0 Å². The number of carbonyl (C=O) groups is 1. The van der Waals surface area contributed by atoms with Crippen molar-refractivity contribution in [3.8, 4) is 0 Å². The first-order valence-electron chi connectivity index (χ1n) is 7.47. The smallest absolute Gasteiger partial charge is 0.231 e. The molecule has 1 fully saturated rings. The van der Waals surface area contributed by atoms with E-state index in [1.54, 1.807) is 0 Å². The Labute approximate surface area is 129 Å². The lowest BCUT2D eigenvalue weighted by Gasteiger charge is -2.08. The summed E-state index contributed by atoms with van der Waals surface area (Å²) in [6.45, 7) is 3.87. The molecular formula is C16H19N5O. The molecule has 2 aromatic rings. The van der Waals surface area contributed by atoms with Gasteiger partial charge in [0.25, 0.3) is 0 Å². The summed E-state index contributed by atoms with van der Waals surface area (Å²) in [5.74, 6) is 0.767. The topological polar surface area (TPSA) is 79.8 Å². The lowest BCUT2D eigenvalue weighted by atomic mass is 10.1. The summed E-state index contributed by atoms with van der Waals surface area (Å²) in [7, 11) is 0. The number of carbonyl (C=O) groups excluding carboxylic acids is 1. The lowest BCUT2D eigenvalue weighted by molar-refractivity contribution is -0.115. The molecule has 114 valence electrons. The Balaban J connectivity index is 1.59. The van der Waals surface area contributed by atoms with Gasteiger partial charge in [0.05, 0.1) is 12.1 Å². The standard InChI is InChI=1S/C16H19N5O/c1-11-3-2-4-13(18-11)9-16(22)19-15-6-5-14(20-21-15)12-7-8-17-10-12/h2-6,12,17H,7-10H2,1H3,(H,19,21,22). The Bertz CT molecular complexity index is 650. The summed E-state index contributed by atoms with van der Waals surface area (Å²) in [5.41, 5.74) is 2.63. The van der Waals surface area contributed by atoms with E-state index in [4.69, 9.17) is 0 Å². The highest BCUT2D eigenvalue weighted by molar-refractivity contribution is 5.91. The monoisotopic (exact) mass is 297 g/mol. The molecular weight excluding hydrogens is 278 g/mol. The molecule has 0 aromatic carbocycles. The molecule has 1 aliphatic rings. The molecule has 0 bridgehead atoms. The number of anilines is 1. The highest BCUT2D eigenvalue weighted by Gasteiger charge is 2.18. The van der Waals surface area contributed by atoms with Crippen LogP contribution in [-0.4, -0.2) is 34.2 Å². The number of aryl methyl sites for hydroxylation is 1. The number of hydrogen-bond acceptors (Lipinski definition) is 5. The minimum atomic E-state index is -0.136. The van der Waals surface area contributed by atoms with Crippen LogP contribution in [0, 0.1) is 6.92 Å². The third kappa shape index (κ3) is 3.65. The number of aromatic nitrogens is 3. The first kappa shape index (κ1) is 14.6. The third-order valence-corrected chi connectivity index (χ3v) is 3.72. The van der Waals surface area contributed by atoms with Crippen LogP contribution in [0.15, 0.2) is 30.3 Å². The van der Waals surface area contributed by atoms with Gasteiger partial charge in [0.1, 0.15) is 0 Å². The van der Waals surface area contributed by atoms with Crippen LogP contribution < -0.4 is 10.6 Å². The molecule has 2 aromatic heterocycles. The van der Waals surface area contributed by atoms with E-state index in [9.17, 15) is 4.79 Å². The van der Waals surface area contributed by atoms with Crippen molar-refractivity contribution in [2.45, 2.75) is 25.7 Å². The molecule has 3 rings (SSSR count). The lowest BCUT2D eigenvalue weighted by Crippen LogP contribution is -2.17. The van der Waals surface area contributed by atoms with Gasteiger partial charge in [0, 0.05) is 23.9 Å².